The zero-order valence-corrected chi connectivity index (χ0v) is 18.5. The minimum atomic E-state index is -0.605. The van der Waals surface area contributed by atoms with E-state index in [2.05, 4.69) is 15.6 Å². The van der Waals surface area contributed by atoms with Gasteiger partial charge in [0.2, 0.25) is 0 Å². The van der Waals surface area contributed by atoms with Crippen molar-refractivity contribution in [3.63, 3.8) is 0 Å². The van der Waals surface area contributed by atoms with Gasteiger partial charge in [-0.1, -0.05) is 26.0 Å². The first kappa shape index (κ1) is 23.0. The quantitative estimate of drug-likeness (QED) is 0.528. The third-order valence-electron chi connectivity index (χ3n) is 4.83. The zero-order valence-electron chi connectivity index (χ0n) is 18.5. The number of halogens is 1. The Kier molecular flexibility index (Phi) is 7.25. The van der Waals surface area contributed by atoms with Gasteiger partial charge in [-0.05, 0) is 47.7 Å². The molecule has 0 fully saturated rings. The summed E-state index contributed by atoms with van der Waals surface area (Å²) in [5, 5.41) is 6.20. The highest BCUT2D eigenvalue weighted by molar-refractivity contribution is 6.08. The number of nitrogens with zero attached hydrogens (tertiary/aromatic N) is 1. The lowest BCUT2D eigenvalue weighted by molar-refractivity contribution is 0.0597. The summed E-state index contributed by atoms with van der Waals surface area (Å²) in [5.74, 6) is -0.368. The second-order valence-corrected chi connectivity index (χ2v) is 7.77. The number of hydrogen-bond donors (Lipinski definition) is 2. The Labute approximate surface area is 185 Å². The molecule has 2 amide bonds. The smallest absolute Gasteiger partial charge is 0.341 e. The molecule has 168 valence electrons. The maximum Gasteiger partial charge on any atom is 0.341 e. The number of anilines is 1. The SMILES string of the molecule is COC(=O)c1cc(NC(=O)NCC(C)C)c2cc(Cc3ccc(F)cc3)cnc2c1OC. The van der Waals surface area contributed by atoms with Crippen molar-refractivity contribution in [2.75, 3.05) is 26.1 Å². The number of amides is 2. The molecule has 0 aliphatic heterocycles. The monoisotopic (exact) mass is 439 g/mol. The normalized spacial score (nSPS) is 10.8. The van der Waals surface area contributed by atoms with Crippen LogP contribution in [0.3, 0.4) is 0 Å². The fraction of sp³-hybridized carbons (Fsp3) is 0.292. The molecule has 0 spiro atoms. The highest BCUT2D eigenvalue weighted by Crippen LogP contribution is 2.35. The van der Waals surface area contributed by atoms with Gasteiger partial charge in [0.1, 0.15) is 16.9 Å². The molecule has 3 rings (SSSR count). The largest absolute Gasteiger partial charge is 0.494 e. The molecule has 2 N–H and O–H groups in total. The molecule has 0 saturated carbocycles. The highest BCUT2D eigenvalue weighted by Gasteiger charge is 2.21. The number of methoxy groups -OCH3 is 2. The average Bonchev–Trinajstić information content (AvgIpc) is 2.78. The predicted molar refractivity (Wildman–Crippen MR) is 121 cm³/mol. The van der Waals surface area contributed by atoms with Gasteiger partial charge in [-0.3, -0.25) is 4.98 Å². The summed E-state index contributed by atoms with van der Waals surface area (Å²) in [7, 11) is 2.71. The van der Waals surface area contributed by atoms with Gasteiger partial charge in [-0.15, -0.1) is 0 Å². The van der Waals surface area contributed by atoms with Crippen LogP contribution >= 0.6 is 0 Å². The van der Waals surface area contributed by atoms with E-state index in [9.17, 15) is 14.0 Å². The molecule has 0 bridgehead atoms. The van der Waals surface area contributed by atoms with Gasteiger partial charge in [-0.25, -0.2) is 14.0 Å². The maximum atomic E-state index is 13.2. The molecular formula is C24H26FN3O4. The van der Waals surface area contributed by atoms with Crippen molar-refractivity contribution in [3.05, 3.63) is 65.1 Å². The number of fused-ring (bicyclic) bond motifs is 1. The second kappa shape index (κ2) is 10.1. The van der Waals surface area contributed by atoms with Gasteiger partial charge in [0.25, 0.3) is 0 Å². The van der Waals surface area contributed by atoms with E-state index in [0.29, 0.717) is 29.6 Å². The summed E-state index contributed by atoms with van der Waals surface area (Å²) in [4.78, 5) is 29.3. The van der Waals surface area contributed by atoms with Crippen LogP contribution in [-0.4, -0.2) is 37.7 Å². The first-order valence-corrected chi connectivity index (χ1v) is 10.2. The number of urea groups is 1. The highest BCUT2D eigenvalue weighted by atomic mass is 19.1. The van der Waals surface area contributed by atoms with E-state index >= 15 is 0 Å². The summed E-state index contributed by atoms with van der Waals surface area (Å²) < 4.78 is 23.6. The lowest BCUT2D eigenvalue weighted by Crippen LogP contribution is -2.31. The van der Waals surface area contributed by atoms with Gasteiger partial charge in [0.15, 0.2) is 5.75 Å². The van der Waals surface area contributed by atoms with Crippen LogP contribution in [0.5, 0.6) is 5.75 Å². The molecule has 0 aliphatic carbocycles. The zero-order chi connectivity index (χ0) is 23.3. The number of pyridine rings is 1. The Morgan fingerprint density at radius 1 is 1.09 bits per heavy atom. The topological polar surface area (TPSA) is 89.5 Å². The van der Waals surface area contributed by atoms with Gasteiger partial charge in [0, 0.05) is 18.1 Å². The van der Waals surface area contributed by atoms with Crippen molar-refractivity contribution in [3.8, 4) is 5.75 Å². The van der Waals surface area contributed by atoms with E-state index in [1.807, 2.05) is 19.9 Å². The Hall–Kier alpha value is -3.68. The van der Waals surface area contributed by atoms with Gasteiger partial charge >= 0.3 is 12.0 Å². The molecule has 32 heavy (non-hydrogen) atoms. The molecule has 8 heteroatoms. The summed E-state index contributed by atoms with van der Waals surface area (Å²) in [6, 6.07) is 9.21. The number of esters is 1. The van der Waals surface area contributed by atoms with Crippen molar-refractivity contribution < 1.29 is 23.5 Å². The Bertz CT molecular complexity index is 1130. The van der Waals surface area contributed by atoms with E-state index in [1.165, 1.54) is 32.4 Å². The van der Waals surface area contributed by atoms with Crippen LogP contribution in [0, 0.1) is 11.7 Å². The third kappa shape index (κ3) is 5.32. The van der Waals surface area contributed by atoms with Crippen LogP contribution in [0.15, 0.2) is 42.6 Å². The van der Waals surface area contributed by atoms with E-state index in [0.717, 1.165) is 11.1 Å². The van der Waals surface area contributed by atoms with Crippen LogP contribution in [0.1, 0.15) is 35.3 Å². The van der Waals surface area contributed by atoms with Crippen molar-refractivity contribution in [2.45, 2.75) is 20.3 Å². The molecule has 3 aromatic rings. The molecule has 1 aromatic heterocycles. The predicted octanol–water partition coefficient (Wildman–Crippen LogP) is 4.54. The van der Waals surface area contributed by atoms with Crippen molar-refractivity contribution in [1.29, 1.82) is 0 Å². The van der Waals surface area contributed by atoms with Crippen LogP contribution < -0.4 is 15.4 Å². The number of ether oxygens (including phenoxy) is 2. The Balaban J connectivity index is 2.07. The molecule has 0 saturated heterocycles. The molecule has 7 nitrogen and oxygen atoms in total. The first-order valence-electron chi connectivity index (χ1n) is 10.2. The van der Waals surface area contributed by atoms with Crippen LogP contribution in [0.4, 0.5) is 14.9 Å². The third-order valence-corrected chi connectivity index (χ3v) is 4.83. The Morgan fingerprint density at radius 2 is 1.81 bits per heavy atom. The molecule has 2 aromatic carbocycles. The Morgan fingerprint density at radius 3 is 2.44 bits per heavy atom. The van der Waals surface area contributed by atoms with E-state index in [1.54, 1.807) is 18.3 Å². The van der Waals surface area contributed by atoms with Crippen molar-refractivity contribution in [1.82, 2.24) is 10.3 Å². The fourth-order valence-electron chi connectivity index (χ4n) is 3.28. The summed E-state index contributed by atoms with van der Waals surface area (Å²) in [6.45, 7) is 4.48. The number of rotatable bonds is 7. The molecule has 1 heterocycles. The maximum absolute atomic E-state index is 13.2. The lowest BCUT2D eigenvalue weighted by Gasteiger charge is -2.16. The summed E-state index contributed by atoms with van der Waals surface area (Å²) >= 11 is 0. The van der Waals surface area contributed by atoms with Gasteiger partial charge in [0.05, 0.1) is 19.9 Å². The number of carbonyl (C=O) groups is 2. The van der Waals surface area contributed by atoms with Crippen LogP contribution in [-0.2, 0) is 11.2 Å². The van der Waals surface area contributed by atoms with Gasteiger partial charge < -0.3 is 20.1 Å². The van der Waals surface area contributed by atoms with Crippen molar-refractivity contribution >= 4 is 28.6 Å². The second-order valence-electron chi connectivity index (χ2n) is 7.77. The van der Waals surface area contributed by atoms with Crippen LogP contribution in [0.2, 0.25) is 0 Å². The molecule has 0 unspecified atom stereocenters. The average molecular weight is 439 g/mol. The number of hydrogen-bond acceptors (Lipinski definition) is 5. The van der Waals surface area contributed by atoms with E-state index in [4.69, 9.17) is 9.47 Å². The van der Waals surface area contributed by atoms with Gasteiger partial charge in [-0.2, -0.15) is 0 Å². The number of aromatic nitrogens is 1. The first-order chi connectivity index (χ1) is 15.3. The van der Waals surface area contributed by atoms with Crippen molar-refractivity contribution in [2.24, 2.45) is 5.92 Å². The molecule has 0 aliphatic rings. The lowest BCUT2D eigenvalue weighted by atomic mass is 10.0. The minimum Gasteiger partial charge on any atom is -0.494 e. The standard InChI is InChI=1S/C24H26FN3O4/c1-14(2)12-27-24(30)28-20-11-19(23(29)32-4)22(31-3)21-18(20)10-16(13-26-21)9-15-5-7-17(25)8-6-15/h5-8,10-11,13-14H,9,12H2,1-4H3,(H2,27,28,30). The number of benzene rings is 2. The summed E-state index contributed by atoms with van der Waals surface area (Å²) in [5.41, 5.74) is 2.73. The molecule has 0 radical (unpaired) electrons. The molecular weight excluding hydrogens is 413 g/mol. The number of nitrogens with one attached hydrogen (secondary N) is 2. The number of carbonyl (C=O) groups excluding carboxylic acids is 2. The fourth-order valence-corrected chi connectivity index (χ4v) is 3.28. The summed E-state index contributed by atoms with van der Waals surface area (Å²) in [6.07, 6.45) is 2.18. The van der Waals surface area contributed by atoms with E-state index in [-0.39, 0.29) is 23.0 Å². The minimum absolute atomic E-state index is 0.153. The van der Waals surface area contributed by atoms with E-state index < -0.39 is 12.0 Å². The van der Waals surface area contributed by atoms with Crippen LogP contribution in [0.25, 0.3) is 10.9 Å². The molecule has 0 atom stereocenters.